The van der Waals surface area contributed by atoms with E-state index in [4.69, 9.17) is 11.0 Å². The number of likely N-dealkylation sites (tertiary alicyclic amines) is 1. The summed E-state index contributed by atoms with van der Waals surface area (Å²) < 4.78 is 0. The molecule has 20 heavy (non-hydrogen) atoms. The number of carbonyl (C=O) groups is 2. The van der Waals surface area contributed by atoms with Crippen molar-refractivity contribution in [1.82, 2.24) is 15.1 Å². The van der Waals surface area contributed by atoms with Gasteiger partial charge in [-0.25, -0.2) is 0 Å². The second-order valence-electron chi connectivity index (χ2n) is 5.26. The topological polar surface area (TPSA) is 102 Å². The van der Waals surface area contributed by atoms with Crippen LogP contribution in [0.1, 0.15) is 19.3 Å². The highest BCUT2D eigenvalue weighted by molar-refractivity contribution is 5.88. The molecule has 0 aromatic rings. The van der Waals surface area contributed by atoms with Gasteiger partial charge in [0.05, 0.1) is 18.5 Å². The number of nitriles is 1. The molecular formula is C13H21N5O2. The van der Waals surface area contributed by atoms with Crippen molar-refractivity contribution < 1.29 is 9.59 Å². The van der Waals surface area contributed by atoms with Gasteiger partial charge < -0.3 is 20.9 Å². The predicted molar refractivity (Wildman–Crippen MR) is 72.4 cm³/mol. The molecule has 0 saturated carbocycles. The minimum Gasteiger partial charge on any atom is -0.340 e. The number of hydrogen-bond donors (Lipinski definition) is 2. The van der Waals surface area contributed by atoms with Gasteiger partial charge >= 0.3 is 0 Å². The van der Waals surface area contributed by atoms with Crippen LogP contribution in [-0.2, 0) is 9.59 Å². The Labute approximate surface area is 118 Å². The van der Waals surface area contributed by atoms with Crippen molar-refractivity contribution in [3.63, 3.8) is 0 Å². The van der Waals surface area contributed by atoms with Gasteiger partial charge in [-0.3, -0.25) is 9.59 Å². The van der Waals surface area contributed by atoms with Gasteiger partial charge in [-0.1, -0.05) is 0 Å². The van der Waals surface area contributed by atoms with Gasteiger partial charge in [0.15, 0.2) is 0 Å². The van der Waals surface area contributed by atoms with E-state index in [1.807, 2.05) is 0 Å². The third-order valence-electron chi connectivity index (χ3n) is 3.87. The molecule has 7 heteroatoms. The highest BCUT2D eigenvalue weighted by Crippen LogP contribution is 2.17. The summed E-state index contributed by atoms with van der Waals surface area (Å²) in [6.07, 6.45) is 1.54. The molecule has 2 amide bonds. The molecular weight excluding hydrogens is 258 g/mol. The summed E-state index contributed by atoms with van der Waals surface area (Å²) in [5.74, 6) is -0.363. The quantitative estimate of drug-likeness (QED) is 0.665. The average Bonchev–Trinajstić information content (AvgIpc) is 2.95. The lowest BCUT2D eigenvalue weighted by atomic mass is 10.1. The standard InChI is InChI=1S/C13H21N5O2/c14-9-10-2-1-5-18(10)13(20)11(15)8-12(19)17-6-3-16-4-7-17/h10-11,16H,1-8,15H2/t10-,11?/m0/s1. The number of nitrogens with zero attached hydrogens (tertiary/aromatic N) is 3. The Morgan fingerprint density at radius 1 is 1.35 bits per heavy atom. The SMILES string of the molecule is N#C[C@@H]1CCCN1C(=O)C(N)CC(=O)N1CCNCC1. The lowest BCUT2D eigenvalue weighted by molar-refractivity contribution is -0.138. The largest absolute Gasteiger partial charge is 0.340 e. The van der Waals surface area contributed by atoms with Crippen LogP contribution in [0.5, 0.6) is 0 Å². The van der Waals surface area contributed by atoms with Crippen LogP contribution < -0.4 is 11.1 Å². The van der Waals surface area contributed by atoms with Crippen molar-refractivity contribution in [2.45, 2.75) is 31.3 Å². The third kappa shape index (κ3) is 3.26. The Balaban J connectivity index is 1.87. The first-order valence-corrected chi connectivity index (χ1v) is 7.07. The number of nitrogens with one attached hydrogen (secondary N) is 1. The van der Waals surface area contributed by atoms with Crippen LogP contribution in [0.15, 0.2) is 0 Å². The average molecular weight is 279 g/mol. The van der Waals surface area contributed by atoms with E-state index in [-0.39, 0.29) is 24.3 Å². The molecule has 0 aromatic carbocycles. The predicted octanol–water partition coefficient (Wildman–Crippen LogP) is -1.35. The van der Waals surface area contributed by atoms with Crippen LogP contribution in [0.4, 0.5) is 0 Å². The maximum absolute atomic E-state index is 12.2. The van der Waals surface area contributed by atoms with Crippen LogP contribution in [0, 0.1) is 11.3 Å². The number of hydrogen-bond acceptors (Lipinski definition) is 5. The molecule has 1 unspecified atom stereocenters. The molecule has 0 aliphatic carbocycles. The molecule has 0 bridgehead atoms. The summed E-state index contributed by atoms with van der Waals surface area (Å²) in [6, 6.07) is 0.885. The van der Waals surface area contributed by atoms with Crippen molar-refractivity contribution >= 4 is 11.8 Å². The molecule has 2 aliphatic heterocycles. The third-order valence-corrected chi connectivity index (χ3v) is 3.87. The highest BCUT2D eigenvalue weighted by Gasteiger charge is 2.33. The maximum atomic E-state index is 12.2. The second kappa shape index (κ2) is 6.68. The monoisotopic (exact) mass is 279 g/mol. The van der Waals surface area contributed by atoms with E-state index in [1.165, 1.54) is 4.90 Å². The zero-order chi connectivity index (χ0) is 14.5. The van der Waals surface area contributed by atoms with Crippen LogP contribution in [0.25, 0.3) is 0 Å². The van der Waals surface area contributed by atoms with Crippen molar-refractivity contribution in [3.8, 4) is 6.07 Å². The molecule has 2 rings (SSSR count). The first-order chi connectivity index (χ1) is 9.63. The van der Waals surface area contributed by atoms with Gasteiger partial charge in [-0.05, 0) is 12.8 Å². The van der Waals surface area contributed by atoms with Crippen molar-refractivity contribution in [3.05, 3.63) is 0 Å². The van der Waals surface area contributed by atoms with E-state index in [0.717, 1.165) is 19.5 Å². The van der Waals surface area contributed by atoms with Gasteiger partial charge in [-0.2, -0.15) is 5.26 Å². The van der Waals surface area contributed by atoms with E-state index in [0.29, 0.717) is 26.1 Å². The lowest BCUT2D eigenvalue weighted by Crippen LogP contribution is -2.51. The number of carbonyl (C=O) groups excluding carboxylic acids is 2. The van der Waals surface area contributed by atoms with Gasteiger partial charge in [-0.15, -0.1) is 0 Å². The first-order valence-electron chi connectivity index (χ1n) is 7.07. The lowest BCUT2D eigenvalue weighted by Gasteiger charge is -2.29. The van der Waals surface area contributed by atoms with Crippen LogP contribution in [0.2, 0.25) is 0 Å². The number of rotatable bonds is 3. The molecule has 2 heterocycles. The molecule has 3 N–H and O–H groups in total. The zero-order valence-electron chi connectivity index (χ0n) is 11.5. The van der Waals surface area contributed by atoms with Gasteiger partial charge in [0.25, 0.3) is 0 Å². The van der Waals surface area contributed by atoms with Gasteiger partial charge in [0.2, 0.25) is 11.8 Å². The molecule has 0 radical (unpaired) electrons. The van der Waals surface area contributed by atoms with Gasteiger partial charge in [0, 0.05) is 32.7 Å². The Hall–Kier alpha value is -1.65. The minimum atomic E-state index is -0.841. The summed E-state index contributed by atoms with van der Waals surface area (Å²) in [7, 11) is 0. The summed E-state index contributed by atoms with van der Waals surface area (Å²) in [5.41, 5.74) is 5.86. The Kier molecular flexibility index (Phi) is 4.93. The second-order valence-corrected chi connectivity index (χ2v) is 5.26. The number of piperazine rings is 1. The molecule has 2 aliphatic rings. The molecule has 2 saturated heterocycles. The van der Waals surface area contributed by atoms with Crippen LogP contribution >= 0.6 is 0 Å². The summed E-state index contributed by atoms with van der Waals surface area (Å²) in [4.78, 5) is 27.5. The molecule has 2 fully saturated rings. The van der Waals surface area contributed by atoms with E-state index in [2.05, 4.69) is 11.4 Å². The fourth-order valence-electron chi connectivity index (χ4n) is 2.70. The first kappa shape index (κ1) is 14.8. The fourth-order valence-corrected chi connectivity index (χ4v) is 2.70. The Morgan fingerprint density at radius 3 is 2.70 bits per heavy atom. The van der Waals surface area contributed by atoms with Crippen LogP contribution in [-0.4, -0.2) is 66.4 Å². The summed E-state index contributed by atoms with van der Waals surface area (Å²) in [5, 5.41) is 12.2. The molecule has 0 spiro atoms. The number of nitrogens with two attached hydrogens (primary N) is 1. The zero-order valence-corrected chi connectivity index (χ0v) is 11.5. The van der Waals surface area contributed by atoms with Crippen molar-refractivity contribution in [2.75, 3.05) is 32.7 Å². The summed E-state index contributed by atoms with van der Waals surface area (Å²) in [6.45, 7) is 3.43. The smallest absolute Gasteiger partial charge is 0.241 e. The van der Waals surface area contributed by atoms with E-state index >= 15 is 0 Å². The molecule has 0 aromatic heterocycles. The Morgan fingerprint density at radius 2 is 2.05 bits per heavy atom. The molecule has 2 atom stereocenters. The fraction of sp³-hybridized carbons (Fsp3) is 0.769. The van der Waals surface area contributed by atoms with E-state index in [9.17, 15) is 9.59 Å². The van der Waals surface area contributed by atoms with E-state index in [1.54, 1.807) is 4.90 Å². The van der Waals surface area contributed by atoms with Crippen LogP contribution in [0.3, 0.4) is 0 Å². The normalized spacial score (nSPS) is 24.3. The Bertz CT molecular complexity index is 413. The minimum absolute atomic E-state index is 0.0213. The maximum Gasteiger partial charge on any atom is 0.241 e. The molecule has 110 valence electrons. The number of amides is 2. The highest BCUT2D eigenvalue weighted by atomic mass is 16.2. The van der Waals surface area contributed by atoms with Crippen molar-refractivity contribution in [1.29, 1.82) is 5.26 Å². The van der Waals surface area contributed by atoms with Gasteiger partial charge in [0.1, 0.15) is 6.04 Å². The van der Waals surface area contributed by atoms with Crippen molar-refractivity contribution in [2.24, 2.45) is 5.73 Å². The van der Waals surface area contributed by atoms with E-state index < -0.39 is 6.04 Å². The molecule has 7 nitrogen and oxygen atoms in total. The summed E-state index contributed by atoms with van der Waals surface area (Å²) >= 11 is 0.